The minimum atomic E-state index is -0.532. The fraction of sp³-hybridized carbons (Fsp3) is 0.524. The van der Waals surface area contributed by atoms with Crippen LogP contribution in [0.3, 0.4) is 0 Å². The molecular formula is C21H27N3O3. The van der Waals surface area contributed by atoms with E-state index in [1.54, 1.807) is 0 Å². The van der Waals surface area contributed by atoms with Crippen molar-refractivity contribution in [3.8, 4) is 11.3 Å². The van der Waals surface area contributed by atoms with Crippen molar-refractivity contribution in [1.29, 1.82) is 0 Å². The normalized spacial score (nSPS) is 24.9. The maximum atomic E-state index is 12.9. The van der Waals surface area contributed by atoms with E-state index in [-0.39, 0.29) is 18.2 Å². The molecule has 144 valence electrons. The number of benzene rings is 1. The summed E-state index contributed by atoms with van der Waals surface area (Å²) in [6.07, 6.45) is 2.39. The zero-order chi connectivity index (χ0) is 19.2. The Bertz CT molecular complexity index is 822. The van der Waals surface area contributed by atoms with Crippen LogP contribution in [0.5, 0.6) is 0 Å². The van der Waals surface area contributed by atoms with Crippen LogP contribution in [0.25, 0.3) is 11.3 Å². The van der Waals surface area contributed by atoms with Gasteiger partial charge in [0.1, 0.15) is 11.4 Å². The first-order chi connectivity index (χ1) is 12.8. The maximum Gasteiger partial charge on any atom is 0.411 e. The average Bonchev–Trinajstić information content (AvgIpc) is 3.28. The Kier molecular flexibility index (Phi) is 4.46. The van der Waals surface area contributed by atoms with Crippen LogP contribution in [0.1, 0.15) is 44.6 Å². The van der Waals surface area contributed by atoms with Gasteiger partial charge in [-0.1, -0.05) is 29.8 Å². The number of nitrogens with zero attached hydrogens (tertiary/aromatic N) is 2. The Morgan fingerprint density at radius 2 is 2.00 bits per heavy atom. The van der Waals surface area contributed by atoms with Gasteiger partial charge in [-0.25, -0.2) is 9.78 Å². The predicted octanol–water partition coefficient (Wildman–Crippen LogP) is 4.08. The molecule has 0 aliphatic carbocycles. The van der Waals surface area contributed by atoms with E-state index >= 15 is 0 Å². The van der Waals surface area contributed by atoms with Crippen molar-refractivity contribution in [1.82, 2.24) is 14.9 Å². The first kappa shape index (κ1) is 18.0. The zero-order valence-corrected chi connectivity index (χ0v) is 16.4. The number of aromatic amines is 1. The molecule has 2 aliphatic rings. The third kappa shape index (κ3) is 3.58. The van der Waals surface area contributed by atoms with Crippen LogP contribution in [0, 0.1) is 12.8 Å². The van der Waals surface area contributed by atoms with E-state index < -0.39 is 5.60 Å². The van der Waals surface area contributed by atoms with Crippen LogP contribution in [-0.4, -0.2) is 45.8 Å². The third-order valence-corrected chi connectivity index (χ3v) is 5.26. The Labute approximate surface area is 159 Å². The number of likely N-dealkylation sites (tertiary alicyclic amines) is 1. The minimum absolute atomic E-state index is 0.0535. The molecule has 0 saturated carbocycles. The number of fused-ring (bicyclic) bond motifs is 1. The van der Waals surface area contributed by atoms with E-state index in [1.807, 2.05) is 31.9 Å². The SMILES string of the molecule is Cc1ccc(-c2cnc([C@@H]3C[C@H]4COC[C@H]4N3C(=O)OC(C)(C)C)[nH]2)cc1. The fourth-order valence-corrected chi connectivity index (χ4v) is 3.96. The predicted molar refractivity (Wildman–Crippen MR) is 102 cm³/mol. The molecule has 6 nitrogen and oxygen atoms in total. The summed E-state index contributed by atoms with van der Waals surface area (Å²) in [5.41, 5.74) is 2.74. The summed E-state index contributed by atoms with van der Waals surface area (Å²) in [4.78, 5) is 22.8. The highest BCUT2D eigenvalue weighted by Gasteiger charge is 2.49. The first-order valence-electron chi connectivity index (χ1n) is 9.53. The van der Waals surface area contributed by atoms with Crippen LogP contribution in [0.2, 0.25) is 0 Å². The molecule has 6 heteroatoms. The number of aromatic nitrogens is 2. The molecule has 0 spiro atoms. The van der Waals surface area contributed by atoms with Crippen molar-refractivity contribution in [2.24, 2.45) is 5.92 Å². The molecule has 0 bridgehead atoms. The Balaban J connectivity index is 1.61. The van der Waals surface area contributed by atoms with Gasteiger partial charge in [0.2, 0.25) is 0 Å². The van der Waals surface area contributed by atoms with Gasteiger partial charge in [-0.2, -0.15) is 0 Å². The van der Waals surface area contributed by atoms with Gasteiger partial charge >= 0.3 is 6.09 Å². The fourth-order valence-electron chi connectivity index (χ4n) is 3.96. The number of imidazole rings is 1. The van der Waals surface area contributed by atoms with Crippen LogP contribution < -0.4 is 0 Å². The molecule has 2 saturated heterocycles. The highest BCUT2D eigenvalue weighted by Crippen LogP contribution is 2.43. The lowest BCUT2D eigenvalue weighted by Gasteiger charge is -2.31. The molecule has 27 heavy (non-hydrogen) atoms. The summed E-state index contributed by atoms with van der Waals surface area (Å²) in [5.74, 6) is 1.14. The number of H-pyrrole nitrogens is 1. The van der Waals surface area contributed by atoms with E-state index in [0.717, 1.165) is 23.5 Å². The highest BCUT2D eigenvalue weighted by molar-refractivity contribution is 5.70. The van der Waals surface area contributed by atoms with Crippen molar-refractivity contribution in [3.05, 3.63) is 41.9 Å². The molecule has 2 aromatic rings. The van der Waals surface area contributed by atoms with E-state index in [9.17, 15) is 4.79 Å². The molecule has 3 atom stereocenters. The number of hydrogen-bond donors (Lipinski definition) is 1. The van der Waals surface area contributed by atoms with Gasteiger partial charge in [-0.05, 0) is 39.7 Å². The maximum absolute atomic E-state index is 12.9. The summed E-state index contributed by atoms with van der Waals surface area (Å²) in [5, 5.41) is 0. The van der Waals surface area contributed by atoms with Gasteiger partial charge in [-0.15, -0.1) is 0 Å². The second-order valence-electron chi connectivity index (χ2n) is 8.55. The molecule has 1 aromatic carbocycles. The molecular weight excluding hydrogens is 342 g/mol. The van der Waals surface area contributed by atoms with Crippen molar-refractivity contribution >= 4 is 6.09 Å². The number of carbonyl (C=O) groups is 1. The number of hydrogen-bond acceptors (Lipinski definition) is 4. The van der Waals surface area contributed by atoms with Crippen molar-refractivity contribution in [3.63, 3.8) is 0 Å². The van der Waals surface area contributed by atoms with E-state index in [0.29, 0.717) is 19.1 Å². The summed E-state index contributed by atoms with van der Waals surface area (Å²) in [6.45, 7) is 8.99. The lowest BCUT2D eigenvalue weighted by Crippen LogP contribution is -2.43. The van der Waals surface area contributed by atoms with Crippen molar-refractivity contribution in [2.75, 3.05) is 13.2 Å². The molecule has 3 heterocycles. The van der Waals surface area contributed by atoms with Gasteiger partial charge in [0.05, 0.1) is 37.2 Å². The van der Waals surface area contributed by atoms with Crippen LogP contribution in [0.15, 0.2) is 30.5 Å². The molecule has 0 radical (unpaired) electrons. The average molecular weight is 369 g/mol. The van der Waals surface area contributed by atoms with E-state index in [4.69, 9.17) is 9.47 Å². The lowest BCUT2D eigenvalue weighted by molar-refractivity contribution is 0.00965. The second-order valence-corrected chi connectivity index (χ2v) is 8.55. The monoisotopic (exact) mass is 369 g/mol. The van der Waals surface area contributed by atoms with Crippen molar-refractivity contribution in [2.45, 2.75) is 51.8 Å². The number of carbonyl (C=O) groups excluding carboxylic acids is 1. The quantitative estimate of drug-likeness (QED) is 0.866. The Morgan fingerprint density at radius 1 is 1.26 bits per heavy atom. The van der Waals surface area contributed by atoms with Gasteiger partial charge in [0.15, 0.2) is 0 Å². The molecule has 2 fully saturated rings. The first-order valence-corrected chi connectivity index (χ1v) is 9.53. The van der Waals surface area contributed by atoms with E-state index in [1.165, 1.54) is 5.56 Å². The van der Waals surface area contributed by atoms with Gasteiger partial charge < -0.3 is 14.5 Å². The van der Waals surface area contributed by atoms with Gasteiger partial charge in [0, 0.05) is 5.92 Å². The van der Waals surface area contributed by atoms with Crippen LogP contribution in [0.4, 0.5) is 4.79 Å². The number of amides is 1. The second kappa shape index (κ2) is 6.68. The summed E-state index contributed by atoms with van der Waals surface area (Å²) in [7, 11) is 0. The highest BCUT2D eigenvalue weighted by atomic mass is 16.6. The third-order valence-electron chi connectivity index (χ3n) is 5.26. The zero-order valence-electron chi connectivity index (χ0n) is 16.4. The molecule has 1 aromatic heterocycles. The molecule has 2 aliphatic heterocycles. The summed E-state index contributed by atoms with van der Waals surface area (Å²) in [6, 6.07) is 8.27. The smallest absolute Gasteiger partial charge is 0.411 e. The number of rotatable bonds is 2. The Hall–Kier alpha value is -2.34. The van der Waals surface area contributed by atoms with Crippen molar-refractivity contribution < 1.29 is 14.3 Å². The molecule has 4 rings (SSSR count). The van der Waals surface area contributed by atoms with Crippen LogP contribution in [-0.2, 0) is 9.47 Å². The largest absolute Gasteiger partial charge is 0.444 e. The summed E-state index contributed by atoms with van der Waals surface area (Å²) < 4.78 is 11.3. The minimum Gasteiger partial charge on any atom is -0.444 e. The molecule has 0 unspecified atom stereocenters. The number of aryl methyl sites for hydroxylation is 1. The number of nitrogens with one attached hydrogen (secondary N) is 1. The van der Waals surface area contributed by atoms with Gasteiger partial charge in [0.25, 0.3) is 0 Å². The summed E-state index contributed by atoms with van der Waals surface area (Å²) >= 11 is 0. The standard InChI is InChI=1S/C21H27N3O3/c1-13-5-7-14(8-6-13)16-10-22-19(23-16)17-9-15-11-26-12-18(15)24(17)20(25)27-21(2,3)4/h5-8,10,15,17-18H,9,11-12H2,1-4H3,(H,22,23)/t15-,17-,18+/m0/s1. The van der Waals surface area contributed by atoms with E-state index in [2.05, 4.69) is 41.2 Å². The lowest BCUT2D eigenvalue weighted by atomic mass is 10.0. The Morgan fingerprint density at radius 3 is 2.70 bits per heavy atom. The van der Waals surface area contributed by atoms with Gasteiger partial charge in [-0.3, -0.25) is 4.90 Å². The topological polar surface area (TPSA) is 67.4 Å². The molecule has 1 N–H and O–H groups in total. The molecule has 1 amide bonds. The van der Waals surface area contributed by atoms with Crippen LogP contribution >= 0.6 is 0 Å². The number of ether oxygens (including phenoxy) is 2.